The minimum Gasteiger partial charge on any atom is -0.490 e. The van der Waals surface area contributed by atoms with Gasteiger partial charge in [-0.2, -0.15) is 0 Å². The van der Waals surface area contributed by atoms with E-state index >= 15 is 0 Å². The summed E-state index contributed by atoms with van der Waals surface area (Å²) in [6, 6.07) is 13.1. The van der Waals surface area contributed by atoms with Crippen LogP contribution in [-0.4, -0.2) is 31.3 Å². The first-order valence-electron chi connectivity index (χ1n) is 8.36. The van der Waals surface area contributed by atoms with Gasteiger partial charge < -0.3 is 4.74 Å². The summed E-state index contributed by atoms with van der Waals surface area (Å²) >= 11 is 0. The Morgan fingerprint density at radius 3 is 2.87 bits per heavy atom. The van der Waals surface area contributed by atoms with Crippen LogP contribution in [0.4, 0.5) is 4.39 Å². The second-order valence-corrected chi connectivity index (χ2v) is 6.71. The number of fused-ring (bicyclic) bond motifs is 2. The molecule has 1 heterocycles. The van der Waals surface area contributed by atoms with Crippen molar-refractivity contribution >= 4 is 0 Å². The number of hydrogen-bond donors (Lipinski definition) is 0. The summed E-state index contributed by atoms with van der Waals surface area (Å²) in [5, 5.41) is 0. The van der Waals surface area contributed by atoms with E-state index < -0.39 is 6.17 Å². The van der Waals surface area contributed by atoms with Crippen LogP contribution in [0.2, 0.25) is 0 Å². The second-order valence-electron chi connectivity index (χ2n) is 6.71. The molecule has 0 bridgehead atoms. The zero-order valence-electron chi connectivity index (χ0n) is 13.7. The largest absolute Gasteiger partial charge is 0.490 e. The summed E-state index contributed by atoms with van der Waals surface area (Å²) in [6.07, 6.45) is 1.14. The van der Waals surface area contributed by atoms with Gasteiger partial charge in [0.15, 0.2) is 0 Å². The molecule has 2 atom stereocenters. The Morgan fingerprint density at radius 1 is 1.22 bits per heavy atom. The van der Waals surface area contributed by atoms with Gasteiger partial charge in [-0.15, -0.1) is 0 Å². The quantitative estimate of drug-likeness (QED) is 0.843. The van der Waals surface area contributed by atoms with Gasteiger partial charge in [-0.3, -0.25) is 4.90 Å². The summed E-state index contributed by atoms with van der Waals surface area (Å²) in [6.45, 7) is 2.73. The topological polar surface area (TPSA) is 12.5 Å². The summed E-state index contributed by atoms with van der Waals surface area (Å²) in [7, 11) is 2.20. The third-order valence-electron chi connectivity index (χ3n) is 5.07. The Morgan fingerprint density at radius 2 is 2.04 bits per heavy atom. The van der Waals surface area contributed by atoms with Gasteiger partial charge in [-0.05, 0) is 55.1 Å². The molecule has 0 fully saturated rings. The predicted octanol–water partition coefficient (Wildman–Crippen LogP) is 4.18. The summed E-state index contributed by atoms with van der Waals surface area (Å²) < 4.78 is 19.1. The molecule has 0 spiro atoms. The van der Waals surface area contributed by atoms with Crippen molar-refractivity contribution in [3.63, 3.8) is 0 Å². The van der Waals surface area contributed by atoms with E-state index in [4.69, 9.17) is 4.74 Å². The van der Waals surface area contributed by atoms with Crippen molar-refractivity contribution in [2.24, 2.45) is 0 Å². The Kier molecular flexibility index (Phi) is 3.61. The molecule has 120 valence electrons. The summed E-state index contributed by atoms with van der Waals surface area (Å²) in [5.41, 5.74) is 6.59. The molecule has 2 aromatic carbocycles. The lowest BCUT2D eigenvalue weighted by molar-refractivity contribution is 0.206. The van der Waals surface area contributed by atoms with E-state index in [1.165, 1.54) is 34.7 Å². The van der Waals surface area contributed by atoms with E-state index in [2.05, 4.69) is 42.3 Å². The lowest BCUT2D eigenvalue weighted by atomic mass is 9.77. The molecule has 2 nitrogen and oxygen atoms in total. The summed E-state index contributed by atoms with van der Waals surface area (Å²) in [4.78, 5) is 2.43. The van der Waals surface area contributed by atoms with Crippen LogP contribution in [0.3, 0.4) is 0 Å². The first-order chi connectivity index (χ1) is 11.1. The number of hydrogen-bond acceptors (Lipinski definition) is 2. The van der Waals surface area contributed by atoms with E-state index in [9.17, 15) is 4.39 Å². The van der Waals surface area contributed by atoms with Gasteiger partial charge in [0.2, 0.25) is 0 Å². The van der Waals surface area contributed by atoms with Crippen LogP contribution in [0.15, 0.2) is 36.4 Å². The molecule has 0 amide bonds. The summed E-state index contributed by atoms with van der Waals surface area (Å²) in [5.74, 6) is 0.820. The van der Waals surface area contributed by atoms with E-state index in [1.54, 1.807) is 0 Å². The molecule has 2 aromatic rings. The number of likely N-dealkylation sites (N-methyl/N-ethyl adjacent to an activating group) is 1. The van der Waals surface area contributed by atoms with Crippen molar-refractivity contribution in [1.29, 1.82) is 0 Å². The van der Waals surface area contributed by atoms with Crippen molar-refractivity contribution < 1.29 is 9.13 Å². The minimum atomic E-state index is -0.962. The average molecular weight is 311 g/mol. The standard InChI is InChI=1S/C20H22FNO/c1-13(21)12-23-18-8-7-14-9-10-22(2)17-11-15-5-3-4-6-16(15)20(18)19(14)17/h3-8,13,17H,9-12H2,1-2H3. The molecule has 23 heavy (non-hydrogen) atoms. The van der Waals surface area contributed by atoms with Crippen LogP contribution in [-0.2, 0) is 12.8 Å². The molecule has 1 aliphatic carbocycles. The molecule has 0 N–H and O–H groups in total. The zero-order valence-corrected chi connectivity index (χ0v) is 13.7. The number of alkyl halides is 1. The third-order valence-corrected chi connectivity index (χ3v) is 5.07. The van der Waals surface area contributed by atoms with Crippen molar-refractivity contribution in [1.82, 2.24) is 4.90 Å². The van der Waals surface area contributed by atoms with Crippen LogP contribution < -0.4 is 4.74 Å². The van der Waals surface area contributed by atoms with E-state index in [1.807, 2.05) is 6.07 Å². The molecular formula is C20H22FNO. The first-order valence-corrected chi connectivity index (χ1v) is 8.36. The van der Waals surface area contributed by atoms with Gasteiger partial charge >= 0.3 is 0 Å². The fourth-order valence-corrected chi connectivity index (χ4v) is 3.93. The highest BCUT2D eigenvalue weighted by Crippen LogP contribution is 2.48. The maximum Gasteiger partial charge on any atom is 0.131 e. The molecule has 2 aliphatic rings. The monoisotopic (exact) mass is 311 g/mol. The molecule has 4 rings (SSSR count). The fourth-order valence-electron chi connectivity index (χ4n) is 3.93. The molecule has 2 unspecified atom stereocenters. The Labute approximate surface area is 136 Å². The molecule has 1 aliphatic heterocycles. The highest BCUT2D eigenvalue weighted by molar-refractivity contribution is 5.80. The van der Waals surface area contributed by atoms with Crippen LogP contribution in [0.25, 0.3) is 11.1 Å². The molecular weight excluding hydrogens is 289 g/mol. The predicted molar refractivity (Wildman–Crippen MR) is 90.7 cm³/mol. The number of halogens is 1. The SMILES string of the molecule is CC(F)COc1ccc2c3c1-c1ccccc1CC3N(C)CC2. The molecule has 0 radical (unpaired) electrons. The maximum absolute atomic E-state index is 13.3. The van der Waals surface area contributed by atoms with Crippen LogP contribution in [0, 0.1) is 0 Å². The Balaban J connectivity index is 1.91. The van der Waals surface area contributed by atoms with Crippen LogP contribution in [0.5, 0.6) is 5.75 Å². The van der Waals surface area contributed by atoms with Crippen molar-refractivity contribution in [3.05, 3.63) is 53.1 Å². The lowest BCUT2D eigenvalue weighted by Crippen LogP contribution is -2.35. The van der Waals surface area contributed by atoms with E-state index in [-0.39, 0.29) is 6.61 Å². The minimum absolute atomic E-state index is 0.106. The van der Waals surface area contributed by atoms with E-state index in [0.717, 1.165) is 25.1 Å². The molecule has 3 heteroatoms. The number of ether oxygens (including phenoxy) is 1. The zero-order chi connectivity index (χ0) is 16.0. The van der Waals surface area contributed by atoms with Gasteiger partial charge in [0.1, 0.15) is 18.5 Å². The number of benzene rings is 2. The third kappa shape index (κ3) is 2.43. The van der Waals surface area contributed by atoms with E-state index in [0.29, 0.717) is 6.04 Å². The second kappa shape index (κ2) is 5.64. The first kappa shape index (κ1) is 14.7. The molecule has 0 aromatic heterocycles. The lowest BCUT2D eigenvalue weighted by Gasteiger charge is -2.40. The van der Waals surface area contributed by atoms with Gasteiger partial charge in [0.05, 0.1) is 0 Å². The van der Waals surface area contributed by atoms with Gasteiger partial charge in [-0.25, -0.2) is 4.39 Å². The highest BCUT2D eigenvalue weighted by atomic mass is 19.1. The average Bonchev–Trinajstić information content (AvgIpc) is 2.56. The normalized spacial score (nSPS) is 20.6. The Bertz CT molecular complexity index is 740. The van der Waals surface area contributed by atoms with Gasteiger partial charge in [0.25, 0.3) is 0 Å². The number of nitrogens with zero attached hydrogens (tertiary/aromatic N) is 1. The fraction of sp³-hybridized carbons (Fsp3) is 0.400. The van der Waals surface area contributed by atoms with Crippen molar-refractivity contribution in [3.8, 4) is 16.9 Å². The number of rotatable bonds is 3. The van der Waals surface area contributed by atoms with Crippen molar-refractivity contribution in [2.75, 3.05) is 20.2 Å². The molecule has 0 saturated carbocycles. The Hall–Kier alpha value is -1.87. The maximum atomic E-state index is 13.3. The van der Waals surface area contributed by atoms with Gasteiger partial charge in [0, 0.05) is 18.2 Å². The van der Waals surface area contributed by atoms with Crippen LogP contribution >= 0.6 is 0 Å². The van der Waals surface area contributed by atoms with Crippen molar-refractivity contribution in [2.45, 2.75) is 32.0 Å². The molecule has 0 saturated heterocycles. The highest BCUT2D eigenvalue weighted by Gasteiger charge is 2.34. The van der Waals surface area contributed by atoms with Gasteiger partial charge in [-0.1, -0.05) is 30.3 Å². The smallest absolute Gasteiger partial charge is 0.131 e. The van der Waals surface area contributed by atoms with Crippen LogP contribution in [0.1, 0.15) is 29.7 Å².